The smallest absolute Gasteiger partial charge is 0.253 e. The molecule has 6 heteroatoms. The number of para-hydroxylation sites is 1. The quantitative estimate of drug-likeness (QED) is 0.625. The molecule has 0 aliphatic rings. The number of amides is 1. The number of methoxy groups -OCH3 is 1. The van der Waals surface area contributed by atoms with Gasteiger partial charge in [0, 0.05) is 30.6 Å². The molecule has 1 heterocycles. The average molecular weight is 375 g/mol. The lowest BCUT2D eigenvalue weighted by atomic mass is 10.1. The first-order chi connectivity index (χ1) is 12.6. The number of carbonyl (C=O) groups excluding carboxylic acids is 1. The van der Waals surface area contributed by atoms with Crippen molar-refractivity contribution in [3.8, 4) is 5.75 Å². The number of hydrogen-bond acceptors (Lipinski definition) is 2. The summed E-state index contributed by atoms with van der Waals surface area (Å²) in [6.07, 6.45) is 2.61. The zero-order valence-electron chi connectivity index (χ0n) is 14.5. The largest absolute Gasteiger partial charge is 0.495 e. The van der Waals surface area contributed by atoms with Crippen LogP contribution in [0.25, 0.3) is 10.9 Å². The number of halogens is 2. The van der Waals surface area contributed by atoms with Crippen molar-refractivity contribution < 1.29 is 13.9 Å². The van der Waals surface area contributed by atoms with E-state index in [9.17, 15) is 9.18 Å². The predicted octanol–water partition coefficient (Wildman–Crippen LogP) is 4.35. The van der Waals surface area contributed by atoms with E-state index in [-0.39, 0.29) is 18.3 Å². The number of rotatable bonds is 7. The van der Waals surface area contributed by atoms with Crippen molar-refractivity contribution in [3.05, 3.63) is 65.6 Å². The van der Waals surface area contributed by atoms with E-state index in [1.165, 1.54) is 12.1 Å². The average Bonchev–Trinajstić information content (AvgIpc) is 3.03. The Morgan fingerprint density at radius 1 is 1.27 bits per heavy atom. The zero-order chi connectivity index (χ0) is 18.5. The fraction of sp³-hybridized carbons (Fsp3) is 0.250. The maximum Gasteiger partial charge on any atom is 0.253 e. The Hall–Kier alpha value is -2.53. The lowest BCUT2D eigenvalue weighted by Gasteiger charge is -2.07. The van der Waals surface area contributed by atoms with E-state index in [0.717, 1.165) is 17.3 Å². The van der Waals surface area contributed by atoms with Gasteiger partial charge in [-0.3, -0.25) is 4.79 Å². The van der Waals surface area contributed by atoms with Crippen LogP contribution in [0.1, 0.15) is 22.3 Å². The fourth-order valence-electron chi connectivity index (χ4n) is 3.00. The number of aromatic nitrogens is 1. The standard InChI is InChI=1S/C20H20ClFN2O2/c1-26-18-8-3-7-16-17(13-24(19(16)18)10-4-9-21)20(25)23-12-14-5-2-6-15(22)11-14/h2-3,5-8,11,13H,4,9-10,12H2,1H3,(H,23,25). The lowest BCUT2D eigenvalue weighted by Crippen LogP contribution is -2.22. The molecule has 26 heavy (non-hydrogen) atoms. The van der Waals surface area contributed by atoms with Crippen LogP contribution >= 0.6 is 11.6 Å². The molecule has 1 aromatic heterocycles. The number of nitrogens with zero attached hydrogens (tertiary/aromatic N) is 1. The highest BCUT2D eigenvalue weighted by Gasteiger charge is 2.17. The van der Waals surface area contributed by atoms with Gasteiger partial charge in [0.2, 0.25) is 0 Å². The van der Waals surface area contributed by atoms with Crippen molar-refractivity contribution in [1.82, 2.24) is 9.88 Å². The van der Waals surface area contributed by atoms with Crippen LogP contribution in [0.2, 0.25) is 0 Å². The summed E-state index contributed by atoms with van der Waals surface area (Å²) in [5, 5.41) is 3.67. The summed E-state index contributed by atoms with van der Waals surface area (Å²) in [5.74, 6) is 0.716. The van der Waals surface area contributed by atoms with E-state index >= 15 is 0 Å². The second-order valence-corrected chi connectivity index (χ2v) is 6.33. The van der Waals surface area contributed by atoms with Gasteiger partial charge in [0.25, 0.3) is 5.91 Å². The second kappa shape index (κ2) is 8.23. The Morgan fingerprint density at radius 3 is 2.81 bits per heavy atom. The first-order valence-corrected chi connectivity index (χ1v) is 8.92. The fourth-order valence-corrected chi connectivity index (χ4v) is 3.12. The predicted molar refractivity (Wildman–Crippen MR) is 101 cm³/mol. The van der Waals surface area contributed by atoms with Crippen molar-refractivity contribution in [1.29, 1.82) is 0 Å². The van der Waals surface area contributed by atoms with Crippen LogP contribution < -0.4 is 10.1 Å². The van der Waals surface area contributed by atoms with Crippen molar-refractivity contribution in [2.24, 2.45) is 0 Å². The molecule has 0 bridgehead atoms. The highest BCUT2D eigenvalue weighted by Crippen LogP contribution is 2.30. The maximum atomic E-state index is 13.3. The van der Waals surface area contributed by atoms with Gasteiger partial charge >= 0.3 is 0 Å². The minimum Gasteiger partial charge on any atom is -0.495 e. The van der Waals surface area contributed by atoms with Gasteiger partial charge in [-0.25, -0.2) is 4.39 Å². The number of carbonyl (C=O) groups is 1. The van der Waals surface area contributed by atoms with Crippen molar-refractivity contribution >= 4 is 28.4 Å². The van der Waals surface area contributed by atoms with Crippen LogP contribution in [0, 0.1) is 5.82 Å². The van der Waals surface area contributed by atoms with Crippen LogP contribution in [0.3, 0.4) is 0 Å². The Balaban J connectivity index is 1.89. The van der Waals surface area contributed by atoms with Gasteiger partial charge < -0.3 is 14.6 Å². The molecule has 0 fully saturated rings. The minimum absolute atomic E-state index is 0.211. The van der Waals surface area contributed by atoms with Crippen molar-refractivity contribution in [2.45, 2.75) is 19.5 Å². The number of alkyl halides is 1. The molecular formula is C20H20ClFN2O2. The Labute approximate surface area is 156 Å². The third-order valence-electron chi connectivity index (χ3n) is 4.20. The van der Waals surface area contributed by atoms with Gasteiger partial charge in [0.1, 0.15) is 11.6 Å². The normalized spacial score (nSPS) is 10.9. The molecule has 0 aliphatic heterocycles. The first-order valence-electron chi connectivity index (χ1n) is 8.38. The Kier molecular flexibility index (Phi) is 5.78. The van der Waals surface area contributed by atoms with Crippen molar-refractivity contribution in [2.75, 3.05) is 13.0 Å². The molecule has 0 atom stereocenters. The van der Waals surface area contributed by atoms with Gasteiger partial charge in [0.15, 0.2) is 0 Å². The maximum absolute atomic E-state index is 13.3. The van der Waals surface area contributed by atoms with Crippen LogP contribution in [0.15, 0.2) is 48.7 Å². The van der Waals surface area contributed by atoms with Gasteiger partial charge in [-0.15, -0.1) is 11.6 Å². The van der Waals surface area contributed by atoms with Crippen LogP contribution in [0.4, 0.5) is 4.39 Å². The molecule has 0 spiro atoms. The molecule has 0 unspecified atom stereocenters. The van der Waals surface area contributed by atoms with Gasteiger partial charge in [-0.05, 0) is 30.2 Å². The summed E-state index contributed by atoms with van der Waals surface area (Å²) in [5.41, 5.74) is 2.14. The zero-order valence-corrected chi connectivity index (χ0v) is 15.2. The van der Waals surface area contributed by atoms with Crippen molar-refractivity contribution in [3.63, 3.8) is 0 Å². The number of aryl methyl sites for hydroxylation is 1. The molecule has 3 aromatic rings. The van der Waals surface area contributed by atoms with Gasteiger partial charge in [-0.1, -0.05) is 24.3 Å². The van der Waals surface area contributed by atoms with E-state index in [1.54, 1.807) is 19.2 Å². The van der Waals surface area contributed by atoms with Gasteiger partial charge in [0.05, 0.1) is 18.2 Å². The first kappa shape index (κ1) is 18.3. The summed E-state index contributed by atoms with van der Waals surface area (Å²) in [7, 11) is 1.61. The molecule has 136 valence electrons. The van der Waals surface area contributed by atoms with E-state index < -0.39 is 0 Å². The number of benzene rings is 2. The van der Waals surface area contributed by atoms with E-state index in [2.05, 4.69) is 5.32 Å². The minimum atomic E-state index is -0.320. The highest BCUT2D eigenvalue weighted by molar-refractivity contribution is 6.17. The molecule has 4 nitrogen and oxygen atoms in total. The third kappa shape index (κ3) is 3.83. The third-order valence-corrected chi connectivity index (χ3v) is 4.47. The molecule has 0 radical (unpaired) electrons. The van der Waals surface area contributed by atoms with Crippen LogP contribution in [0.5, 0.6) is 5.75 Å². The molecule has 1 N–H and O–H groups in total. The number of nitrogens with one attached hydrogen (secondary N) is 1. The number of hydrogen-bond donors (Lipinski definition) is 1. The second-order valence-electron chi connectivity index (χ2n) is 5.95. The molecule has 2 aromatic carbocycles. The van der Waals surface area contributed by atoms with Gasteiger partial charge in [-0.2, -0.15) is 0 Å². The highest BCUT2D eigenvalue weighted by atomic mass is 35.5. The van der Waals surface area contributed by atoms with Crippen LogP contribution in [-0.4, -0.2) is 23.5 Å². The Morgan fingerprint density at radius 2 is 2.08 bits per heavy atom. The molecule has 0 saturated heterocycles. The summed E-state index contributed by atoms with van der Waals surface area (Å²) in [6, 6.07) is 11.8. The topological polar surface area (TPSA) is 43.3 Å². The summed E-state index contributed by atoms with van der Waals surface area (Å²) in [4.78, 5) is 12.7. The lowest BCUT2D eigenvalue weighted by molar-refractivity contribution is 0.0952. The molecule has 3 rings (SSSR count). The molecule has 0 aliphatic carbocycles. The molecule has 1 amide bonds. The monoisotopic (exact) mass is 374 g/mol. The Bertz CT molecular complexity index is 923. The van der Waals surface area contributed by atoms with E-state index in [4.69, 9.17) is 16.3 Å². The van der Waals surface area contributed by atoms with E-state index in [0.29, 0.717) is 29.3 Å². The van der Waals surface area contributed by atoms with E-state index in [1.807, 2.05) is 29.0 Å². The summed E-state index contributed by atoms with van der Waals surface area (Å²) in [6.45, 7) is 0.951. The number of fused-ring (bicyclic) bond motifs is 1. The SMILES string of the molecule is COc1cccc2c(C(=O)NCc3cccc(F)c3)cn(CCCCl)c12. The summed E-state index contributed by atoms with van der Waals surface area (Å²) < 4.78 is 20.7. The summed E-state index contributed by atoms with van der Waals surface area (Å²) >= 11 is 5.82. The van der Waals surface area contributed by atoms with Crippen LogP contribution in [-0.2, 0) is 13.1 Å². The number of ether oxygens (including phenoxy) is 1. The molecular weight excluding hydrogens is 355 g/mol. The molecule has 0 saturated carbocycles.